The second-order valence-electron chi connectivity index (χ2n) is 28.6. The van der Waals surface area contributed by atoms with Crippen LogP contribution in [0.2, 0.25) is 0 Å². The molecule has 0 spiro atoms. The molecule has 0 saturated heterocycles. The molecule has 6 nitrogen and oxygen atoms in total. The molecule has 0 atom stereocenters. The van der Waals surface area contributed by atoms with E-state index in [1.54, 1.807) is 0 Å². The van der Waals surface area contributed by atoms with E-state index < -0.39 is 0 Å². The van der Waals surface area contributed by atoms with E-state index in [1.165, 1.54) is 137 Å². The number of hydrogen-bond acceptors (Lipinski definition) is 4. The Hall–Kier alpha value is -14.7. The highest BCUT2D eigenvalue weighted by molar-refractivity contribution is 6.25. The molecule has 22 aromatic rings. The lowest BCUT2D eigenvalue weighted by Crippen LogP contribution is -1.94. The van der Waals surface area contributed by atoms with Crippen molar-refractivity contribution in [1.82, 2.24) is 29.1 Å². The second kappa shape index (κ2) is 26.7. The SMILES string of the molecule is c1cc(-c2ccncc2)cc(-c2cc(-c3cccc(-c4ccncc4)c3)cc(-c3ccc4cc(-n5c6cccc7ccc8cccc5c8c76)ccc4c3)c2)c1.c1ccc(-c2cccc(-c3cc(-c4ccc5cc(-n6c7cccc8ccc9cccc6c9c87)ccc5c4)cc(-c4cccc(-c5ccccc5)n4)c3)n2)cc1. The number of nitrogens with zero attached hydrogens (tertiary/aromatic N) is 6. The molecule has 16 aromatic carbocycles. The third-order valence-corrected chi connectivity index (χ3v) is 22.0. The van der Waals surface area contributed by atoms with Crippen LogP contribution in [0.25, 0.3) is 210 Å². The van der Waals surface area contributed by atoms with Gasteiger partial charge in [0.05, 0.1) is 44.8 Å². The monoisotopic (exact) mass is 1400 g/mol. The molecule has 22 rings (SSSR count). The number of benzene rings is 16. The molecule has 0 saturated carbocycles. The van der Waals surface area contributed by atoms with Gasteiger partial charge in [0.15, 0.2) is 0 Å². The lowest BCUT2D eigenvalue weighted by atomic mass is 9.91. The van der Waals surface area contributed by atoms with Crippen LogP contribution in [0.3, 0.4) is 0 Å². The molecular formula is C104H66N6. The van der Waals surface area contributed by atoms with Crippen molar-refractivity contribution in [3.63, 3.8) is 0 Å². The van der Waals surface area contributed by atoms with Crippen LogP contribution in [0.1, 0.15) is 0 Å². The van der Waals surface area contributed by atoms with E-state index in [1.807, 2.05) is 36.9 Å². The summed E-state index contributed by atoms with van der Waals surface area (Å²) in [6.45, 7) is 0. The Morgan fingerprint density at radius 1 is 0.155 bits per heavy atom. The molecule has 6 heteroatoms. The van der Waals surface area contributed by atoms with Crippen LogP contribution in [-0.2, 0) is 0 Å². The maximum atomic E-state index is 5.16. The van der Waals surface area contributed by atoms with E-state index in [4.69, 9.17) is 9.97 Å². The average Bonchev–Trinajstić information content (AvgIpc) is 1.57. The van der Waals surface area contributed by atoms with Gasteiger partial charge in [-0.2, -0.15) is 0 Å². The van der Waals surface area contributed by atoms with Crippen molar-refractivity contribution < 1.29 is 0 Å². The fraction of sp³-hybridized carbons (Fsp3) is 0. The summed E-state index contributed by atoms with van der Waals surface area (Å²) < 4.78 is 4.84. The highest BCUT2D eigenvalue weighted by atomic mass is 15.0. The van der Waals surface area contributed by atoms with Gasteiger partial charge < -0.3 is 9.13 Å². The van der Waals surface area contributed by atoms with Crippen LogP contribution in [0.15, 0.2) is 401 Å². The Bertz CT molecular complexity index is 6490. The quantitative estimate of drug-likeness (QED) is 0.114. The summed E-state index contributed by atoms with van der Waals surface area (Å²) in [5.74, 6) is 0. The standard InChI is InChI=1S/2C52H33N3/c1-7-38(34-19-23-53-24-20-34)27-40(9-1)45-30-46(41-10-2-8-39(28-41)35-21-25-54-26-22-35)32-47(31-45)43-15-16-44-33-48(18-17-42(44)29-43)55-49-11-3-5-36-13-14-37-6-4-12-50(55)52(37)51(36)49;1-3-11-34(12-4-1)45-17-9-19-47(53-45)42-30-41(31-43(32-42)48-20-10-18-46(54-48)35-13-5-2-6-14-35)39-25-26-40-33-44(28-27-38(40)29-39)55-49-21-7-15-36-23-24-37-16-8-22-50(55)52(37)51(36)49/h2*1-33H. The van der Waals surface area contributed by atoms with Crippen LogP contribution >= 0.6 is 0 Å². The number of rotatable bonds is 12. The lowest BCUT2D eigenvalue weighted by Gasteiger charge is -2.14. The minimum absolute atomic E-state index is 0.922. The van der Waals surface area contributed by atoms with Crippen molar-refractivity contribution in [3.05, 3.63) is 401 Å². The Balaban J connectivity index is 0.000000140. The molecule has 0 amide bonds. The molecule has 0 bridgehead atoms. The molecule has 512 valence electrons. The van der Waals surface area contributed by atoms with Crippen molar-refractivity contribution in [2.75, 3.05) is 0 Å². The molecule has 0 N–H and O–H groups in total. The number of pyridine rings is 4. The minimum Gasteiger partial charge on any atom is -0.309 e. The van der Waals surface area contributed by atoms with Gasteiger partial charge in [-0.3, -0.25) is 9.97 Å². The third-order valence-electron chi connectivity index (χ3n) is 22.0. The van der Waals surface area contributed by atoms with Crippen LogP contribution in [-0.4, -0.2) is 29.1 Å². The van der Waals surface area contributed by atoms with E-state index in [0.29, 0.717) is 0 Å². The zero-order valence-electron chi connectivity index (χ0n) is 59.8. The molecule has 0 fully saturated rings. The number of aromatic nitrogens is 6. The van der Waals surface area contributed by atoms with Gasteiger partial charge in [-0.25, -0.2) is 9.97 Å². The molecule has 0 radical (unpaired) electrons. The molecule has 110 heavy (non-hydrogen) atoms. The second-order valence-corrected chi connectivity index (χ2v) is 28.6. The molecule has 0 aliphatic rings. The first kappa shape index (κ1) is 63.7. The van der Waals surface area contributed by atoms with Crippen LogP contribution < -0.4 is 0 Å². The van der Waals surface area contributed by atoms with E-state index >= 15 is 0 Å². The summed E-state index contributed by atoms with van der Waals surface area (Å²) in [5, 5.41) is 15.2. The molecular weight excluding hydrogens is 1330 g/mol. The highest BCUT2D eigenvalue weighted by Crippen LogP contribution is 2.44. The van der Waals surface area contributed by atoms with E-state index in [9.17, 15) is 0 Å². The summed E-state index contributed by atoms with van der Waals surface area (Å²) in [6, 6.07) is 136. The van der Waals surface area contributed by atoms with E-state index in [-0.39, 0.29) is 0 Å². The first-order valence-electron chi connectivity index (χ1n) is 37.4. The van der Waals surface area contributed by atoms with Gasteiger partial charge in [0.1, 0.15) is 0 Å². The van der Waals surface area contributed by atoms with Crippen molar-refractivity contribution >= 4 is 86.7 Å². The van der Waals surface area contributed by atoms with Crippen LogP contribution in [0.5, 0.6) is 0 Å². The van der Waals surface area contributed by atoms with Gasteiger partial charge in [0.2, 0.25) is 0 Å². The fourth-order valence-corrected chi connectivity index (χ4v) is 16.7. The normalized spacial score (nSPS) is 11.6. The summed E-state index contributed by atoms with van der Waals surface area (Å²) in [5.41, 5.74) is 29.3. The van der Waals surface area contributed by atoms with Crippen molar-refractivity contribution in [3.8, 4) is 123 Å². The van der Waals surface area contributed by atoms with Gasteiger partial charge in [-0.15, -0.1) is 0 Å². The summed E-state index contributed by atoms with van der Waals surface area (Å²) >= 11 is 0. The Labute approximate surface area is 635 Å². The largest absolute Gasteiger partial charge is 0.309 e. The van der Waals surface area contributed by atoms with E-state index in [2.05, 4.69) is 383 Å². The third kappa shape index (κ3) is 11.5. The van der Waals surface area contributed by atoms with Crippen LogP contribution in [0.4, 0.5) is 0 Å². The van der Waals surface area contributed by atoms with Crippen molar-refractivity contribution in [2.45, 2.75) is 0 Å². The Morgan fingerprint density at radius 2 is 0.418 bits per heavy atom. The zero-order chi connectivity index (χ0) is 72.6. The zero-order valence-corrected chi connectivity index (χ0v) is 59.8. The number of fused-ring (bicyclic) bond motifs is 2. The maximum Gasteiger partial charge on any atom is 0.0709 e. The van der Waals surface area contributed by atoms with Gasteiger partial charge in [-0.1, -0.05) is 218 Å². The van der Waals surface area contributed by atoms with Crippen LogP contribution in [0, 0.1) is 0 Å². The maximum absolute atomic E-state index is 5.16. The number of hydrogen-bond donors (Lipinski definition) is 0. The molecule has 0 aliphatic heterocycles. The first-order chi connectivity index (χ1) is 54.5. The van der Waals surface area contributed by atoms with Gasteiger partial charge in [0, 0.05) is 80.0 Å². The predicted molar refractivity (Wildman–Crippen MR) is 459 cm³/mol. The first-order valence-corrected chi connectivity index (χ1v) is 37.4. The van der Waals surface area contributed by atoms with Gasteiger partial charge >= 0.3 is 0 Å². The van der Waals surface area contributed by atoms with Gasteiger partial charge in [-0.05, 0) is 268 Å². The Kier molecular flexibility index (Phi) is 15.5. The minimum atomic E-state index is 0.922. The summed E-state index contributed by atoms with van der Waals surface area (Å²) in [7, 11) is 0. The molecule has 6 aromatic heterocycles. The average molecular weight is 1400 g/mol. The van der Waals surface area contributed by atoms with Gasteiger partial charge in [0.25, 0.3) is 0 Å². The molecule has 0 aliphatic carbocycles. The molecule has 6 heterocycles. The highest BCUT2D eigenvalue weighted by Gasteiger charge is 2.21. The Morgan fingerprint density at radius 3 is 0.791 bits per heavy atom. The fourth-order valence-electron chi connectivity index (χ4n) is 16.7. The van der Waals surface area contributed by atoms with Crippen molar-refractivity contribution in [1.29, 1.82) is 0 Å². The van der Waals surface area contributed by atoms with Crippen molar-refractivity contribution in [2.24, 2.45) is 0 Å². The lowest BCUT2D eigenvalue weighted by molar-refractivity contribution is 1.19. The van der Waals surface area contributed by atoms with E-state index in [0.717, 1.165) is 73.0 Å². The topological polar surface area (TPSA) is 61.4 Å². The summed E-state index contributed by atoms with van der Waals surface area (Å²) in [4.78, 5) is 18.8. The summed E-state index contributed by atoms with van der Waals surface area (Å²) in [6.07, 6.45) is 7.40. The smallest absolute Gasteiger partial charge is 0.0709 e. The molecule has 0 unspecified atom stereocenters. The predicted octanol–water partition coefficient (Wildman–Crippen LogP) is 27.3.